The quantitative estimate of drug-likeness (QED) is 0.880. The Bertz CT molecular complexity index is 562. The van der Waals surface area contributed by atoms with Crippen molar-refractivity contribution in [3.8, 4) is 0 Å². The zero-order valence-electron chi connectivity index (χ0n) is 9.97. The summed E-state index contributed by atoms with van der Waals surface area (Å²) in [6, 6.07) is 5.31. The molecule has 5 nitrogen and oxygen atoms in total. The Morgan fingerprint density at radius 2 is 2.24 bits per heavy atom. The second-order valence-corrected chi connectivity index (χ2v) is 4.04. The van der Waals surface area contributed by atoms with Crippen LogP contribution in [0.1, 0.15) is 12.5 Å². The van der Waals surface area contributed by atoms with E-state index in [4.69, 9.17) is 9.52 Å². The van der Waals surface area contributed by atoms with Gasteiger partial charge in [0, 0.05) is 7.05 Å². The summed E-state index contributed by atoms with van der Waals surface area (Å²) >= 11 is 0. The summed E-state index contributed by atoms with van der Waals surface area (Å²) in [5, 5.41) is 8.93. The zero-order chi connectivity index (χ0) is 12.6. The highest BCUT2D eigenvalue weighted by Gasteiger charge is 2.21. The minimum absolute atomic E-state index is 0.323. The number of nitrogens with zero attached hydrogens (tertiary/aromatic N) is 2. The molecule has 0 fully saturated rings. The lowest BCUT2D eigenvalue weighted by Crippen LogP contribution is -2.35. The Morgan fingerprint density at radius 1 is 1.53 bits per heavy atom. The lowest BCUT2D eigenvalue weighted by Gasteiger charge is -2.18. The van der Waals surface area contributed by atoms with Gasteiger partial charge in [0.15, 0.2) is 5.58 Å². The summed E-state index contributed by atoms with van der Waals surface area (Å²) < 4.78 is 5.58. The average Bonchev–Trinajstić information content (AvgIpc) is 2.72. The Balaban J connectivity index is 2.43. The van der Waals surface area contributed by atoms with Crippen LogP contribution >= 0.6 is 0 Å². The Morgan fingerprint density at radius 3 is 2.82 bits per heavy atom. The van der Waals surface area contributed by atoms with Gasteiger partial charge in [-0.1, -0.05) is 12.1 Å². The molecule has 0 spiro atoms. The van der Waals surface area contributed by atoms with Gasteiger partial charge in [0.05, 0.1) is 0 Å². The molecule has 0 saturated carbocycles. The maximum absolute atomic E-state index is 10.9. The number of rotatable bonds is 3. The molecule has 1 heterocycles. The van der Waals surface area contributed by atoms with Gasteiger partial charge in [0.1, 0.15) is 11.6 Å². The van der Waals surface area contributed by atoms with Crippen molar-refractivity contribution < 1.29 is 14.3 Å². The summed E-state index contributed by atoms with van der Waals surface area (Å²) in [5.41, 5.74) is 2.43. The van der Waals surface area contributed by atoms with Gasteiger partial charge in [-0.3, -0.25) is 0 Å². The lowest BCUT2D eigenvalue weighted by molar-refractivity contribution is -0.138. The number of carboxylic acid groups (broad SMARTS) is 1. The van der Waals surface area contributed by atoms with E-state index in [-0.39, 0.29) is 0 Å². The first-order chi connectivity index (χ1) is 8.00. The third-order valence-corrected chi connectivity index (χ3v) is 2.84. The van der Waals surface area contributed by atoms with Crippen LogP contribution in [0.3, 0.4) is 0 Å². The van der Waals surface area contributed by atoms with E-state index in [0.29, 0.717) is 11.6 Å². The number of carbonyl (C=O) groups is 1. The van der Waals surface area contributed by atoms with Gasteiger partial charge in [-0.05, 0) is 25.5 Å². The number of para-hydroxylation sites is 1. The molecule has 90 valence electrons. The SMILES string of the molecule is Cc1cccc2nc(N(C)C(C)C(=O)O)oc12. The average molecular weight is 234 g/mol. The van der Waals surface area contributed by atoms with Crippen molar-refractivity contribution in [2.75, 3.05) is 11.9 Å². The van der Waals surface area contributed by atoms with Crippen LogP contribution in [0.15, 0.2) is 22.6 Å². The third-order valence-electron chi connectivity index (χ3n) is 2.84. The molecule has 1 aromatic carbocycles. The van der Waals surface area contributed by atoms with Crippen LogP contribution in [0.2, 0.25) is 0 Å². The van der Waals surface area contributed by atoms with Crippen LogP contribution in [0.25, 0.3) is 11.1 Å². The highest BCUT2D eigenvalue weighted by molar-refractivity contribution is 5.80. The molecule has 0 aliphatic heterocycles. The van der Waals surface area contributed by atoms with Crippen molar-refractivity contribution in [1.82, 2.24) is 4.98 Å². The van der Waals surface area contributed by atoms with Crippen LogP contribution in [0, 0.1) is 6.92 Å². The van der Waals surface area contributed by atoms with Crippen molar-refractivity contribution in [3.05, 3.63) is 23.8 Å². The number of fused-ring (bicyclic) bond motifs is 1. The van der Waals surface area contributed by atoms with Gasteiger partial charge in [0.2, 0.25) is 0 Å². The maximum atomic E-state index is 10.9. The van der Waals surface area contributed by atoms with E-state index < -0.39 is 12.0 Å². The highest BCUT2D eigenvalue weighted by Crippen LogP contribution is 2.24. The molecule has 0 saturated heterocycles. The van der Waals surface area contributed by atoms with Crippen molar-refractivity contribution in [3.63, 3.8) is 0 Å². The number of anilines is 1. The molecular weight excluding hydrogens is 220 g/mol. The predicted molar refractivity (Wildman–Crippen MR) is 64.2 cm³/mol. The van der Waals surface area contributed by atoms with Gasteiger partial charge in [-0.15, -0.1) is 0 Å². The Kier molecular flexibility index (Phi) is 2.75. The first kappa shape index (κ1) is 11.4. The van der Waals surface area contributed by atoms with Gasteiger partial charge >= 0.3 is 5.97 Å². The third kappa shape index (κ3) is 1.95. The van der Waals surface area contributed by atoms with Crippen LogP contribution in [0.4, 0.5) is 6.01 Å². The van der Waals surface area contributed by atoms with Crippen molar-refractivity contribution >= 4 is 23.1 Å². The molecule has 0 radical (unpaired) electrons. The first-order valence-electron chi connectivity index (χ1n) is 5.32. The fourth-order valence-corrected chi connectivity index (χ4v) is 1.56. The number of carboxylic acids is 1. The monoisotopic (exact) mass is 234 g/mol. The molecule has 2 aromatic rings. The highest BCUT2D eigenvalue weighted by atomic mass is 16.4. The molecule has 1 N–H and O–H groups in total. The van der Waals surface area contributed by atoms with Gasteiger partial charge < -0.3 is 14.4 Å². The van der Waals surface area contributed by atoms with Crippen LogP contribution < -0.4 is 4.90 Å². The van der Waals surface area contributed by atoms with Gasteiger partial charge in [0.25, 0.3) is 6.01 Å². The van der Waals surface area contributed by atoms with Crippen molar-refractivity contribution in [2.45, 2.75) is 19.9 Å². The summed E-state index contributed by atoms with van der Waals surface area (Å²) in [6.45, 7) is 3.52. The number of aliphatic carboxylic acids is 1. The Hall–Kier alpha value is -2.04. The molecule has 1 atom stereocenters. The molecule has 17 heavy (non-hydrogen) atoms. The van der Waals surface area contributed by atoms with E-state index in [0.717, 1.165) is 11.1 Å². The number of hydrogen-bond donors (Lipinski definition) is 1. The molecule has 1 aromatic heterocycles. The summed E-state index contributed by atoms with van der Waals surface area (Å²) in [6.07, 6.45) is 0. The summed E-state index contributed by atoms with van der Waals surface area (Å²) in [7, 11) is 1.65. The molecule has 2 rings (SSSR count). The number of oxazole rings is 1. The van der Waals surface area contributed by atoms with Crippen LogP contribution in [-0.2, 0) is 4.79 Å². The fourth-order valence-electron chi connectivity index (χ4n) is 1.56. The molecule has 0 aliphatic carbocycles. The number of aryl methyl sites for hydroxylation is 1. The summed E-state index contributed by atoms with van der Waals surface area (Å²) in [4.78, 5) is 16.7. The molecule has 0 amide bonds. The van der Waals surface area contributed by atoms with E-state index in [2.05, 4.69) is 4.98 Å². The van der Waals surface area contributed by atoms with Crippen molar-refractivity contribution in [2.24, 2.45) is 0 Å². The second kappa shape index (κ2) is 4.08. The standard InChI is InChI=1S/C12H14N2O3/c1-7-5-4-6-9-10(7)17-12(13-9)14(3)8(2)11(15)16/h4-6,8H,1-3H3,(H,15,16). The van der Waals surface area contributed by atoms with Crippen LogP contribution in [-0.4, -0.2) is 29.1 Å². The largest absolute Gasteiger partial charge is 0.480 e. The van der Waals surface area contributed by atoms with Crippen LogP contribution in [0.5, 0.6) is 0 Å². The fraction of sp³-hybridized carbons (Fsp3) is 0.333. The Labute approximate surface area is 98.7 Å². The smallest absolute Gasteiger partial charge is 0.326 e. The van der Waals surface area contributed by atoms with Gasteiger partial charge in [-0.25, -0.2) is 4.79 Å². The zero-order valence-corrected chi connectivity index (χ0v) is 9.97. The maximum Gasteiger partial charge on any atom is 0.326 e. The number of benzene rings is 1. The minimum Gasteiger partial charge on any atom is -0.480 e. The second-order valence-electron chi connectivity index (χ2n) is 4.04. The van der Waals surface area contributed by atoms with E-state index in [9.17, 15) is 4.79 Å². The molecule has 1 unspecified atom stereocenters. The topological polar surface area (TPSA) is 66.6 Å². The predicted octanol–water partition coefficient (Wildman–Crippen LogP) is 2.05. The van der Waals surface area contributed by atoms with E-state index >= 15 is 0 Å². The van der Waals surface area contributed by atoms with E-state index in [1.165, 1.54) is 4.90 Å². The van der Waals surface area contributed by atoms with Crippen molar-refractivity contribution in [1.29, 1.82) is 0 Å². The summed E-state index contributed by atoms with van der Waals surface area (Å²) in [5.74, 6) is -0.911. The molecular formula is C12H14N2O3. The van der Waals surface area contributed by atoms with E-state index in [1.807, 2.05) is 25.1 Å². The first-order valence-corrected chi connectivity index (χ1v) is 5.32. The van der Waals surface area contributed by atoms with Gasteiger partial charge in [-0.2, -0.15) is 4.98 Å². The number of aromatic nitrogens is 1. The molecule has 5 heteroatoms. The number of hydrogen-bond acceptors (Lipinski definition) is 4. The van der Waals surface area contributed by atoms with E-state index in [1.54, 1.807) is 14.0 Å². The normalized spacial score (nSPS) is 12.6. The number of likely N-dealkylation sites (N-methyl/N-ethyl adjacent to an activating group) is 1. The molecule has 0 aliphatic rings. The lowest BCUT2D eigenvalue weighted by atomic mass is 10.2. The minimum atomic E-state index is -0.911. The molecule has 0 bridgehead atoms.